The number of hydrogen-bond acceptors (Lipinski definition) is 4. The predicted molar refractivity (Wildman–Crippen MR) is 65.1 cm³/mol. The van der Waals surface area contributed by atoms with Crippen LogP contribution in [0.25, 0.3) is 22.4 Å². The van der Waals surface area contributed by atoms with Crippen LogP contribution in [-0.4, -0.2) is 9.97 Å². The molecule has 0 bridgehead atoms. The number of fused-ring (bicyclic) bond motifs is 1. The van der Waals surface area contributed by atoms with E-state index in [0.717, 1.165) is 28.1 Å². The number of nitrogens with two attached hydrogens (primary N) is 1. The minimum absolute atomic E-state index is 0.410. The summed E-state index contributed by atoms with van der Waals surface area (Å²) in [5, 5.41) is 0. The summed E-state index contributed by atoms with van der Waals surface area (Å²) in [4.78, 5) is 8.49. The lowest BCUT2D eigenvalue weighted by molar-refractivity contribution is 0.525. The zero-order valence-electron chi connectivity index (χ0n) is 9.13. The summed E-state index contributed by atoms with van der Waals surface area (Å²) in [5.74, 6) is 1.58. The Morgan fingerprint density at radius 1 is 1.00 bits per heavy atom. The third kappa shape index (κ3) is 1.79. The molecule has 2 aromatic heterocycles. The Balaban J connectivity index is 2.11. The van der Waals surface area contributed by atoms with E-state index in [1.165, 1.54) is 0 Å². The normalized spacial score (nSPS) is 10.9. The van der Waals surface area contributed by atoms with E-state index >= 15 is 0 Å². The minimum atomic E-state index is 0.410. The second-order valence-corrected chi connectivity index (χ2v) is 3.73. The Morgan fingerprint density at radius 2 is 1.82 bits per heavy atom. The maximum Gasteiger partial charge on any atom is 0.134 e. The van der Waals surface area contributed by atoms with E-state index in [9.17, 15) is 0 Å². The zero-order chi connectivity index (χ0) is 11.7. The molecule has 0 aliphatic carbocycles. The Hall–Kier alpha value is -2.20. The molecule has 3 aromatic rings. The topological polar surface area (TPSA) is 64.9 Å². The molecule has 0 saturated carbocycles. The van der Waals surface area contributed by atoms with Crippen molar-refractivity contribution in [3.8, 4) is 11.3 Å². The van der Waals surface area contributed by atoms with E-state index in [0.29, 0.717) is 6.54 Å². The smallest absolute Gasteiger partial charge is 0.134 e. The van der Waals surface area contributed by atoms with Crippen LogP contribution < -0.4 is 5.73 Å². The van der Waals surface area contributed by atoms with Gasteiger partial charge in [0, 0.05) is 18.0 Å². The number of nitrogens with zero attached hydrogens (tertiary/aromatic N) is 2. The van der Waals surface area contributed by atoms with Crippen LogP contribution in [0.4, 0.5) is 0 Å². The average molecular weight is 225 g/mol. The van der Waals surface area contributed by atoms with Crippen LogP contribution in [0.1, 0.15) is 5.76 Å². The van der Waals surface area contributed by atoms with Gasteiger partial charge in [0.2, 0.25) is 0 Å². The summed E-state index contributed by atoms with van der Waals surface area (Å²) in [5.41, 5.74) is 8.23. The molecule has 4 heteroatoms. The molecule has 0 atom stereocenters. The fourth-order valence-electron chi connectivity index (χ4n) is 1.76. The van der Waals surface area contributed by atoms with E-state index in [1.54, 1.807) is 12.4 Å². The van der Waals surface area contributed by atoms with Gasteiger partial charge in [0.05, 0.1) is 17.6 Å². The second-order valence-electron chi connectivity index (χ2n) is 3.73. The van der Waals surface area contributed by atoms with Crippen molar-refractivity contribution in [3.05, 3.63) is 48.5 Å². The van der Waals surface area contributed by atoms with Crippen LogP contribution in [0.5, 0.6) is 0 Å². The standard InChI is InChI=1S/C13H11N3O/c14-8-10-2-4-13(17-10)9-1-3-11-12(7-9)16-6-5-15-11/h1-7H,8,14H2. The average Bonchev–Trinajstić information content (AvgIpc) is 2.87. The van der Waals surface area contributed by atoms with Gasteiger partial charge in [-0.15, -0.1) is 0 Å². The number of hydrogen-bond donors (Lipinski definition) is 1. The van der Waals surface area contributed by atoms with Gasteiger partial charge in [0.25, 0.3) is 0 Å². The van der Waals surface area contributed by atoms with Crippen molar-refractivity contribution < 1.29 is 4.42 Å². The number of benzene rings is 1. The molecule has 0 amide bonds. The lowest BCUT2D eigenvalue weighted by atomic mass is 10.1. The Labute approximate surface area is 98.1 Å². The van der Waals surface area contributed by atoms with Crippen LogP contribution in [-0.2, 0) is 6.54 Å². The fraction of sp³-hybridized carbons (Fsp3) is 0.0769. The molecule has 0 fully saturated rings. The highest BCUT2D eigenvalue weighted by Gasteiger charge is 2.05. The SMILES string of the molecule is NCc1ccc(-c2ccc3nccnc3c2)o1. The summed E-state index contributed by atoms with van der Waals surface area (Å²) in [7, 11) is 0. The molecule has 17 heavy (non-hydrogen) atoms. The van der Waals surface area contributed by atoms with Gasteiger partial charge in [-0.05, 0) is 30.3 Å². The molecular weight excluding hydrogens is 214 g/mol. The molecule has 0 spiro atoms. The molecule has 0 unspecified atom stereocenters. The first-order chi connectivity index (χ1) is 8.36. The van der Waals surface area contributed by atoms with Crippen molar-refractivity contribution in [1.82, 2.24) is 9.97 Å². The van der Waals surface area contributed by atoms with Gasteiger partial charge in [0.1, 0.15) is 11.5 Å². The van der Waals surface area contributed by atoms with E-state index in [4.69, 9.17) is 10.2 Å². The van der Waals surface area contributed by atoms with Crippen molar-refractivity contribution in [2.24, 2.45) is 5.73 Å². The number of aromatic nitrogens is 2. The van der Waals surface area contributed by atoms with Crippen LogP contribution in [0.3, 0.4) is 0 Å². The van der Waals surface area contributed by atoms with Crippen LogP contribution in [0.15, 0.2) is 47.1 Å². The van der Waals surface area contributed by atoms with Crippen molar-refractivity contribution in [2.75, 3.05) is 0 Å². The van der Waals surface area contributed by atoms with E-state index < -0.39 is 0 Å². The molecule has 0 radical (unpaired) electrons. The predicted octanol–water partition coefficient (Wildman–Crippen LogP) is 2.35. The molecule has 0 aliphatic heterocycles. The second kappa shape index (κ2) is 3.99. The monoisotopic (exact) mass is 225 g/mol. The first kappa shape index (κ1) is 9.99. The molecule has 84 valence electrons. The number of furan rings is 1. The quantitative estimate of drug-likeness (QED) is 0.727. The maximum absolute atomic E-state index is 5.59. The summed E-state index contributed by atoms with van der Waals surface area (Å²) in [6.45, 7) is 0.410. The molecule has 3 rings (SSSR count). The van der Waals surface area contributed by atoms with Crippen LogP contribution in [0, 0.1) is 0 Å². The highest BCUT2D eigenvalue weighted by atomic mass is 16.3. The minimum Gasteiger partial charge on any atom is -0.460 e. The van der Waals surface area contributed by atoms with Gasteiger partial charge in [0.15, 0.2) is 0 Å². The van der Waals surface area contributed by atoms with E-state index in [1.807, 2.05) is 30.3 Å². The Morgan fingerprint density at radius 3 is 2.59 bits per heavy atom. The molecule has 4 nitrogen and oxygen atoms in total. The zero-order valence-corrected chi connectivity index (χ0v) is 9.13. The largest absolute Gasteiger partial charge is 0.460 e. The summed E-state index contributed by atoms with van der Waals surface area (Å²) in [6, 6.07) is 9.66. The van der Waals surface area contributed by atoms with E-state index in [-0.39, 0.29) is 0 Å². The van der Waals surface area contributed by atoms with Gasteiger partial charge in [-0.1, -0.05) is 0 Å². The Bertz CT molecular complexity index is 660. The van der Waals surface area contributed by atoms with Gasteiger partial charge in [-0.25, -0.2) is 0 Å². The van der Waals surface area contributed by atoms with Crippen molar-refractivity contribution >= 4 is 11.0 Å². The van der Waals surface area contributed by atoms with Gasteiger partial charge >= 0.3 is 0 Å². The summed E-state index contributed by atoms with van der Waals surface area (Å²) < 4.78 is 5.59. The summed E-state index contributed by atoms with van der Waals surface area (Å²) >= 11 is 0. The first-order valence-electron chi connectivity index (χ1n) is 5.37. The fourth-order valence-corrected chi connectivity index (χ4v) is 1.76. The molecule has 0 aliphatic rings. The van der Waals surface area contributed by atoms with Crippen LogP contribution >= 0.6 is 0 Å². The van der Waals surface area contributed by atoms with Crippen molar-refractivity contribution in [1.29, 1.82) is 0 Å². The van der Waals surface area contributed by atoms with Gasteiger partial charge in [-0.3, -0.25) is 9.97 Å². The van der Waals surface area contributed by atoms with E-state index in [2.05, 4.69) is 9.97 Å². The molecule has 0 saturated heterocycles. The lowest BCUT2D eigenvalue weighted by Crippen LogP contribution is -1.92. The molecule has 2 N–H and O–H groups in total. The number of rotatable bonds is 2. The third-order valence-electron chi connectivity index (χ3n) is 2.62. The van der Waals surface area contributed by atoms with Crippen LogP contribution in [0.2, 0.25) is 0 Å². The van der Waals surface area contributed by atoms with Crippen molar-refractivity contribution in [2.45, 2.75) is 6.54 Å². The molecule has 2 heterocycles. The first-order valence-corrected chi connectivity index (χ1v) is 5.37. The summed E-state index contributed by atoms with van der Waals surface area (Å²) in [6.07, 6.45) is 3.36. The Kier molecular flexibility index (Phi) is 2.34. The highest BCUT2D eigenvalue weighted by molar-refractivity contribution is 5.79. The molecule has 1 aromatic carbocycles. The van der Waals surface area contributed by atoms with Gasteiger partial charge in [-0.2, -0.15) is 0 Å². The third-order valence-corrected chi connectivity index (χ3v) is 2.62. The molecular formula is C13H11N3O. The maximum atomic E-state index is 5.59. The van der Waals surface area contributed by atoms with Gasteiger partial charge < -0.3 is 10.2 Å². The lowest BCUT2D eigenvalue weighted by Gasteiger charge is -1.99. The highest BCUT2D eigenvalue weighted by Crippen LogP contribution is 2.24. The van der Waals surface area contributed by atoms with Crippen molar-refractivity contribution in [3.63, 3.8) is 0 Å².